The lowest BCUT2D eigenvalue weighted by atomic mass is 10.1. The molecule has 0 atom stereocenters. The van der Waals surface area contributed by atoms with Crippen LogP contribution in [0.1, 0.15) is 27.3 Å². The molecule has 0 radical (unpaired) electrons. The molecular weight excluding hydrogens is 540 g/mol. The number of nitrogens with zero attached hydrogens (tertiary/aromatic N) is 5. The highest BCUT2D eigenvalue weighted by Crippen LogP contribution is 2.33. The number of halogens is 6. The molecule has 1 saturated heterocycles. The molecule has 2 aromatic heterocycles. The van der Waals surface area contributed by atoms with Crippen molar-refractivity contribution in [2.45, 2.75) is 18.9 Å². The topological polar surface area (TPSA) is 63.0 Å². The summed E-state index contributed by atoms with van der Waals surface area (Å²) in [5.74, 6) is -0.0172. The third-order valence-corrected chi connectivity index (χ3v) is 6.64. The zero-order valence-electron chi connectivity index (χ0n) is 21.1. The summed E-state index contributed by atoms with van der Waals surface area (Å²) in [6, 6.07) is 13.5. The molecule has 0 bridgehead atoms. The van der Waals surface area contributed by atoms with Gasteiger partial charge in [-0.1, -0.05) is 18.2 Å². The number of carbonyl (C=O) groups is 1. The van der Waals surface area contributed by atoms with Gasteiger partial charge in [-0.25, -0.2) is 9.50 Å². The fraction of sp³-hybridized carbons (Fsp3) is 0.296. The van der Waals surface area contributed by atoms with Crippen LogP contribution in [0.25, 0.3) is 16.9 Å². The number of alkyl halides is 6. The molecule has 4 aromatic rings. The molecule has 13 heteroatoms. The van der Waals surface area contributed by atoms with Crippen molar-refractivity contribution in [3.63, 3.8) is 0 Å². The van der Waals surface area contributed by atoms with Crippen molar-refractivity contribution in [2.24, 2.45) is 0 Å². The predicted molar refractivity (Wildman–Crippen MR) is 133 cm³/mol. The molecule has 210 valence electrons. The normalized spacial score (nSPS) is 15.0. The molecule has 1 fully saturated rings. The van der Waals surface area contributed by atoms with Crippen molar-refractivity contribution in [1.82, 2.24) is 24.4 Å². The van der Waals surface area contributed by atoms with E-state index < -0.39 is 29.5 Å². The van der Waals surface area contributed by atoms with Crippen molar-refractivity contribution in [3.8, 4) is 17.0 Å². The zero-order valence-corrected chi connectivity index (χ0v) is 21.1. The van der Waals surface area contributed by atoms with E-state index >= 15 is 0 Å². The van der Waals surface area contributed by atoms with Crippen LogP contribution in [-0.4, -0.2) is 63.6 Å². The van der Waals surface area contributed by atoms with Gasteiger partial charge in [0.15, 0.2) is 17.0 Å². The molecule has 0 aliphatic carbocycles. The Morgan fingerprint density at radius 3 is 2.23 bits per heavy atom. The monoisotopic (exact) mass is 563 g/mol. The van der Waals surface area contributed by atoms with Gasteiger partial charge in [0, 0.05) is 44.4 Å². The number of hydrogen-bond donors (Lipinski definition) is 0. The summed E-state index contributed by atoms with van der Waals surface area (Å²) < 4.78 is 86.6. The molecule has 1 aliphatic rings. The summed E-state index contributed by atoms with van der Waals surface area (Å²) >= 11 is 0. The molecule has 0 saturated carbocycles. The van der Waals surface area contributed by atoms with Crippen molar-refractivity contribution in [2.75, 3.05) is 33.3 Å². The largest absolute Gasteiger partial charge is 0.497 e. The first-order chi connectivity index (χ1) is 18.9. The van der Waals surface area contributed by atoms with E-state index in [0.29, 0.717) is 34.5 Å². The summed E-state index contributed by atoms with van der Waals surface area (Å²) in [6.45, 7) is 1.50. The van der Waals surface area contributed by atoms with E-state index in [-0.39, 0.29) is 36.7 Å². The van der Waals surface area contributed by atoms with Crippen LogP contribution < -0.4 is 4.74 Å². The lowest BCUT2D eigenvalue weighted by Crippen LogP contribution is -2.48. The number of carbonyl (C=O) groups excluding carboxylic acids is 1. The summed E-state index contributed by atoms with van der Waals surface area (Å²) in [5.41, 5.74) is -1.14. The van der Waals surface area contributed by atoms with E-state index in [1.807, 2.05) is 4.90 Å². The molecule has 5 rings (SSSR count). The third-order valence-electron chi connectivity index (χ3n) is 6.64. The van der Waals surface area contributed by atoms with E-state index in [2.05, 4.69) is 10.1 Å². The average molecular weight is 564 g/mol. The van der Waals surface area contributed by atoms with Gasteiger partial charge in [-0.3, -0.25) is 9.69 Å². The van der Waals surface area contributed by atoms with Crippen LogP contribution in [-0.2, 0) is 18.9 Å². The maximum Gasteiger partial charge on any atom is 0.433 e. The Hall–Kier alpha value is -4.13. The maximum atomic E-state index is 13.9. The van der Waals surface area contributed by atoms with Gasteiger partial charge in [-0.2, -0.15) is 31.4 Å². The number of rotatable bonds is 5. The molecule has 1 amide bonds. The Bertz CT molecular complexity index is 1520. The van der Waals surface area contributed by atoms with Crippen LogP contribution in [0.3, 0.4) is 0 Å². The van der Waals surface area contributed by atoms with Gasteiger partial charge in [-0.05, 0) is 42.0 Å². The van der Waals surface area contributed by atoms with E-state index in [0.717, 1.165) is 18.2 Å². The number of aromatic nitrogens is 3. The Morgan fingerprint density at radius 1 is 0.900 bits per heavy atom. The van der Waals surface area contributed by atoms with Crippen LogP contribution in [0.5, 0.6) is 5.75 Å². The second-order valence-corrected chi connectivity index (χ2v) is 9.32. The van der Waals surface area contributed by atoms with Crippen LogP contribution in [0.2, 0.25) is 0 Å². The van der Waals surface area contributed by atoms with Crippen molar-refractivity contribution < 1.29 is 35.9 Å². The Morgan fingerprint density at radius 2 is 1.60 bits per heavy atom. The summed E-state index contributed by atoms with van der Waals surface area (Å²) in [6.07, 6.45) is -9.20. The second-order valence-electron chi connectivity index (χ2n) is 9.32. The lowest BCUT2D eigenvalue weighted by Gasteiger charge is -2.34. The molecule has 0 N–H and O–H groups in total. The van der Waals surface area contributed by atoms with Crippen LogP contribution in [0, 0.1) is 0 Å². The Kier molecular flexibility index (Phi) is 7.17. The van der Waals surface area contributed by atoms with Gasteiger partial charge in [0.25, 0.3) is 5.91 Å². The highest BCUT2D eigenvalue weighted by molar-refractivity contribution is 5.93. The van der Waals surface area contributed by atoms with Crippen LogP contribution >= 0.6 is 0 Å². The molecule has 40 heavy (non-hydrogen) atoms. The third kappa shape index (κ3) is 5.74. The van der Waals surface area contributed by atoms with Gasteiger partial charge in [0.05, 0.1) is 18.4 Å². The smallest absolute Gasteiger partial charge is 0.433 e. The number of fused-ring (bicyclic) bond motifs is 1. The van der Waals surface area contributed by atoms with Gasteiger partial charge in [0.1, 0.15) is 5.75 Å². The number of hydrogen-bond acceptors (Lipinski definition) is 5. The van der Waals surface area contributed by atoms with E-state index in [4.69, 9.17) is 4.74 Å². The molecule has 0 unspecified atom stereocenters. The minimum absolute atomic E-state index is 0.0598. The molecule has 0 spiro atoms. The molecule has 2 aromatic carbocycles. The Balaban J connectivity index is 1.33. The van der Waals surface area contributed by atoms with Gasteiger partial charge in [0.2, 0.25) is 0 Å². The minimum atomic E-state index is -4.76. The molecular formula is C27H23F6N5O2. The number of benzene rings is 2. The van der Waals surface area contributed by atoms with Gasteiger partial charge >= 0.3 is 12.4 Å². The van der Waals surface area contributed by atoms with Crippen molar-refractivity contribution in [1.29, 1.82) is 0 Å². The Labute approximate surface area is 224 Å². The van der Waals surface area contributed by atoms with E-state index in [1.54, 1.807) is 30.3 Å². The first-order valence-corrected chi connectivity index (χ1v) is 12.2. The second kappa shape index (κ2) is 10.5. The van der Waals surface area contributed by atoms with Crippen LogP contribution in [0.4, 0.5) is 26.3 Å². The number of methoxy groups -OCH3 is 1. The first-order valence-electron chi connectivity index (χ1n) is 12.2. The standard InChI is InChI=1S/C27H23F6N5O2/c1-40-20-7-5-18(6-8-20)21-14-23(27(31,32)33)38-24(34-21)15-22(35-38)25(39)37-11-9-36(10-12-37)16-17-3-2-4-19(13-17)26(28,29)30/h2-8,13-15H,9-12,16H2,1H3. The minimum Gasteiger partial charge on any atom is -0.497 e. The van der Waals surface area contributed by atoms with Crippen LogP contribution in [0.15, 0.2) is 60.7 Å². The fourth-order valence-corrected chi connectivity index (χ4v) is 4.57. The average Bonchev–Trinajstić information content (AvgIpc) is 3.36. The molecule has 3 heterocycles. The SMILES string of the molecule is COc1ccc(-c2cc(C(F)(F)F)n3nc(C(=O)N4CCN(Cc5cccc(C(F)(F)F)c5)CC4)cc3n2)cc1. The van der Waals surface area contributed by atoms with Gasteiger partial charge < -0.3 is 9.64 Å². The van der Waals surface area contributed by atoms with E-state index in [9.17, 15) is 31.1 Å². The first kappa shape index (κ1) is 27.4. The highest BCUT2D eigenvalue weighted by atomic mass is 19.4. The van der Waals surface area contributed by atoms with Gasteiger partial charge in [-0.15, -0.1) is 0 Å². The number of ether oxygens (including phenoxy) is 1. The molecule has 7 nitrogen and oxygen atoms in total. The molecule has 1 aliphatic heterocycles. The maximum absolute atomic E-state index is 13.9. The predicted octanol–water partition coefficient (Wildman–Crippen LogP) is 5.40. The zero-order chi connectivity index (χ0) is 28.7. The number of piperazine rings is 1. The summed E-state index contributed by atoms with van der Waals surface area (Å²) in [7, 11) is 1.47. The summed E-state index contributed by atoms with van der Waals surface area (Å²) in [5, 5.41) is 3.94. The fourth-order valence-electron chi connectivity index (χ4n) is 4.57. The van der Waals surface area contributed by atoms with E-state index in [1.165, 1.54) is 24.1 Å². The van der Waals surface area contributed by atoms with Crippen molar-refractivity contribution >= 4 is 11.6 Å². The lowest BCUT2D eigenvalue weighted by molar-refractivity contribution is -0.142. The number of amides is 1. The van der Waals surface area contributed by atoms with Crippen molar-refractivity contribution in [3.05, 3.63) is 83.2 Å². The highest BCUT2D eigenvalue weighted by Gasteiger charge is 2.36. The quantitative estimate of drug-likeness (QED) is 0.305. The summed E-state index contributed by atoms with van der Waals surface area (Å²) in [4.78, 5) is 20.8.